The van der Waals surface area contributed by atoms with Crippen molar-refractivity contribution in [3.63, 3.8) is 0 Å². The molecule has 0 amide bonds. The lowest BCUT2D eigenvalue weighted by molar-refractivity contribution is -0.274. The third-order valence-electron chi connectivity index (χ3n) is 3.22. The highest BCUT2D eigenvalue weighted by Crippen LogP contribution is 2.24. The lowest BCUT2D eigenvalue weighted by atomic mass is 10.1. The number of ether oxygens (including phenoxy) is 1. The number of benzene rings is 2. The van der Waals surface area contributed by atoms with Crippen molar-refractivity contribution in [1.82, 2.24) is 0 Å². The van der Waals surface area contributed by atoms with Crippen molar-refractivity contribution in [2.45, 2.75) is 26.8 Å². The first-order valence-corrected chi connectivity index (χ1v) is 6.50. The third-order valence-corrected chi connectivity index (χ3v) is 3.22. The lowest BCUT2D eigenvalue weighted by Gasteiger charge is -2.13. The van der Waals surface area contributed by atoms with Gasteiger partial charge in [0.25, 0.3) is 0 Å². The molecule has 5 heteroatoms. The predicted molar refractivity (Wildman–Crippen MR) is 76.4 cm³/mol. The van der Waals surface area contributed by atoms with Crippen molar-refractivity contribution < 1.29 is 17.9 Å². The summed E-state index contributed by atoms with van der Waals surface area (Å²) in [5.41, 5.74) is 3.98. The molecule has 0 aliphatic carbocycles. The first-order chi connectivity index (χ1) is 9.85. The van der Waals surface area contributed by atoms with Gasteiger partial charge in [-0.15, -0.1) is 13.2 Å². The Morgan fingerprint density at radius 1 is 1.05 bits per heavy atom. The summed E-state index contributed by atoms with van der Waals surface area (Å²) in [5.74, 6) is -0.206. The molecule has 0 aliphatic rings. The van der Waals surface area contributed by atoms with Crippen molar-refractivity contribution in [2.75, 3.05) is 5.32 Å². The second-order valence-electron chi connectivity index (χ2n) is 4.80. The molecule has 2 aromatic rings. The van der Waals surface area contributed by atoms with Crippen LogP contribution in [-0.4, -0.2) is 6.36 Å². The van der Waals surface area contributed by atoms with Crippen molar-refractivity contribution in [2.24, 2.45) is 0 Å². The standard InChI is InChI=1S/C16H16F3NO/c1-11-5-3-8-15(12(11)2)20-10-13-6-4-7-14(9-13)21-16(17,18)19/h3-9,20H,10H2,1-2H3. The van der Waals surface area contributed by atoms with Crippen LogP contribution in [0, 0.1) is 13.8 Å². The smallest absolute Gasteiger partial charge is 0.406 e. The molecule has 0 bridgehead atoms. The van der Waals surface area contributed by atoms with Gasteiger partial charge in [-0.3, -0.25) is 0 Å². The van der Waals surface area contributed by atoms with Gasteiger partial charge in [-0.05, 0) is 48.7 Å². The Morgan fingerprint density at radius 2 is 1.76 bits per heavy atom. The number of aryl methyl sites for hydroxylation is 1. The number of alkyl halides is 3. The van der Waals surface area contributed by atoms with Crippen LogP contribution >= 0.6 is 0 Å². The summed E-state index contributed by atoms with van der Waals surface area (Å²) in [7, 11) is 0. The van der Waals surface area contributed by atoms with Crippen LogP contribution in [0.4, 0.5) is 18.9 Å². The third kappa shape index (κ3) is 4.41. The second kappa shape index (κ2) is 6.08. The van der Waals surface area contributed by atoms with E-state index in [9.17, 15) is 13.2 Å². The molecule has 2 rings (SSSR count). The van der Waals surface area contributed by atoms with E-state index in [0.717, 1.165) is 22.4 Å². The van der Waals surface area contributed by atoms with Crippen molar-refractivity contribution in [1.29, 1.82) is 0 Å². The van der Waals surface area contributed by atoms with Crippen molar-refractivity contribution in [3.05, 3.63) is 59.2 Å². The Morgan fingerprint density at radius 3 is 2.48 bits per heavy atom. The molecule has 1 N–H and O–H groups in total. The van der Waals surface area contributed by atoms with E-state index in [2.05, 4.69) is 10.1 Å². The molecule has 0 fully saturated rings. The van der Waals surface area contributed by atoms with Gasteiger partial charge < -0.3 is 10.1 Å². The van der Waals surface area contributed by atoms with Crippen molar-refractivity contribution >= 4 is 5.69 Å². The molecule has 112 valence electrons. The van der Waals surface area contributed by atoms with Gasteiger partial charge in [-0.1, -0.05) is 24.3 Å². The van der Waals surface area contributed by atoms with Crippen LogP contribution in [0.3, 0.4) is 0 Å². The normalized spacial score (nSPS) is 11.3. The van der Waals surface area contributed by atoms with Crippen LogP contribution in [0.5, 0.6) is 5.75 Å². The van der Waals surface area contributed by atoms with Gasteiger partial charge in [0.1, 0.15) is 5.75 Å². The molecule has 0 atom stereocenters. The number of halogens is 3. The first kappa shape index (κ1) is 15.2. The fourth-order valence-corrected chi connectivity index (χ4v) is 1.99. The van der Waals surface area contributed by atoms with Crippen LogP contribution in [0.1, 0.15) is 16.7 Å². The minimum Gasteiger partial charge on any atom is -0.406 e. The van der Waals surface area contributed by atoms with E-state index in [4.69, 9.17) is 0 Å². The number of nitrogens with one attached hydrogen (secondary N) is 1. The first-order valence-electron chi connectivity index (χ1n) is 6.50. The largest absolute Gasteiger partial charge is 0.573 e. The monoisotopic (exact) mass is 295 g/mol. The molecule has 21 heavy (non-hydrogen) atoms. The lowest BCUT2D eigenvalue weighted by Crippen LogP contribution is -2.17. The van der Waals surface area contributed by atoms with E-state index < -0.39 is 6.36 Å². The number of hydrogen-bond donors (Lipinski definition) is 1. The van der Waals surface area contributed by atoms with E-state index in [1.165, 1.54) is 12.1 Å². The molecule has 0 aromatic heterocycles. The molecular formula is C16H16F3NO. The van der Waals surface area contributed by atoms with E-state index in [1.54, 1.807) is 12.1 Å². The highest BCUT2D eigenvalue weighted by Gasteiger charge is 2.31. The Labute approximate surface area is 121 Å². The topological polar surface area (TPSA) is 21.3 Å². The average molecular weight is 295 g/mol. The maximum Gasteiger partial charge on any atom is 0.573 e. The van der Waals surface area contributed by atoms with E-state index in [-0.39, 0.29) is 5.75 Å². The van der Waals surface area contributed by atoms with Gasteiger partial charge in [0.05, 0.1) is 0 Å². The van der Waals surface area contributed by atoms with Gasteiger partial charge in [-0.2, -0.15) is 0 Å². The van der Waals surface area contributed by atoms with Gasteiger partial charge in [-0.25, -0.2) is 0 Å². The van der Waals surface area contributed by atoms with Crippen LogP contribution in [0.15, 0.2) is 42.5 Å². The summed E-state index contributed by atoms with van der Waals surface area (Å²) in [4.78, 5) is 0. The van der Waals surface area contributed by atoms with Gasteiger partial charge in [0, 0.05) is 12.2 Å². The Balaban J connectivity index is 2.07. The number of hydrogen-bond acceptors (Lipinski definition) is 2. The molecule has 0 radical (unpaired) electrons. The van der Waals surface area contributed by atoms with E-state index in [1.807, 2.05) is 32.0 Å². The Bertz CT molecular complexity index is 623. The zero-order valence-corrected chi connectivity index (χ0v) is 11.8. The molecule has 0 spiro atoms. The summed E-state index contributed by atoms with van der Waals surface area (Å²) in [5, 5.41) is 3.22. The fourth-order valence-electron chi connectivity index (χ4n) is 1.99. The minimum atomic E-state index is -4.67. The van der Waals surface area contributed by atoms with Crippen LogP contribution in [0.2, 0.25) is 0 Å². The Kier molecular flexibility index (Phi) is 4.40. The molecule has 0 saturated heterocycles. The summed E-state index contributed by atoms with van der Waals surface area (Å²) in [6.45, 7) is 4.44. The fraction of sp³-hybridized carbons (Fsp3) is 0.250. The summed E-state index contributed by atoms with van der Waals surface area (Å²) in [6.07, 6.45) is -4.67. The highest BCUT2D eigenvalue weighted by atomic mass is 19.4. The summed E-state index contributed by atoms with van der Waals surface area (Å²) >= 11 is 0. The van der Waals surface area contributed by atoms with Crippen molar-refractivity contribution in [3.8, 4) is 5.75 Å². The van der Waals surface area contributed by atoms with E-state index >= 15 is 0 Å². The molecule has 0 heterocycles. The summed E-state index contributed by atoms with van der Waals surface area (Å²) in [6, 6.07) is 11.9. The maximum atomic E-state index is 12.2. The van der Waals surface area contributed by atoms with E-state index in [0.29, 0.717) is 6.54 Å². The molecule has 2 aromatic carbocycles. The number of rotatable bonds is 4. The maximum absolute atomic E-state index is 12.2. The average Bonchev–Trinajstić information content (AvgIpc) is 2.39. The van der Waals surface area contributed by atoms with Crippen LogP contribution in [-0.2, 0) is 6.54 Å². The SMILES string of the molecule is Cc1cccc(NCc2cccc(OC(F)(F)F)c2)c1C. The minimum absolute atomic E-state index is 0.206. The highest BCUT2D eigenvalue weighted by molar-refractivity contribution is 5.54. The molecular weight excluding hydrogens is 279 g/mol. The van der Waals surface area contributed by atoms with Gasteiger partial charge in [0.2, 0.25) is 0 Å². The van der Waals surface area contributed by atoms with Crippen LogP contribution in [0.25, 0.3) is 0 Å². The quantitative estimate of drug-likeness (QED) is 0.873. The van der Waals surface area contributed by atoms with Gasteiger partial charge in [0.15, 0.2) is 0 Å². The predicted octanol–water partition coefficient (Wildman–Crippen LogP) is 4.81. The molecule has 2 nitrogen and oxygen atoms in total. The second-order valence-corrected chi connectivity index (χ2v) is 4.80. The summed E-state index contributed by atoms with van der Waals surface area (Å²) < 4.78 is 40.5. The van der Waals surface area contributed by atoms with Crippen LogP contribution < -0.4 is 10.1 Å². The molecule has 0 saturated carbocycles. The molecule has 0 unspecified atom stereocenters. The Hall–Kier alpha value is -2.17. The van der Waals surface area contributed by atoms with Gasteiger partial charge >= 0.3 is 6.36 Å². The zero-order valence-electron chi connectivity index (χ0n) is 11.8. The number of anilines is 1. The zero-order chi connectivity index (χ0) is 15.5. The molecule has 0 aliphatic heterocycles.